The van der Waals surface area contributed by atoms with E-state index < -0.39 is 11.7 Å². The smallest absolute Gasteiger partial charge is 0.416 e. The molecule has 0 aliphatic heterocycles. The van der Waals surface area contributed by atoms with Gasteiger partial charge >= 0.3 is 6.18 Å². The molecule has 0 aliphatic carbocycles. The third kappa shape index (κ3) is 4.59. The zero-order valence-corrected chi connectivity index (χ0v) is 21.5. The normalized spacial score (nSPS) is 11.8. The highest BCUT2D eigenvalue weighted by Gasteiger charge is 2.31. The van der Waals surface area contributed by atoms with Gasteiger partial charge in [-0.05, 0) is 48.0 Å². The maximum Gasteiger partial charge on any atom is 0.416 e. The first-order chi connectivity index (χ1) is 19.9. The van der Waals surface area contributed by atoms with Crippen LogP contribution in [0.3, 0.4) is 0 Å². The second-order valence-corrected chi connectivity index (χ2v) is 9.57. The molecule has 0 atom stereocenters. The minimum Gasteiger partial charge on any atom is -0.457 e. The Labute approximate surface area is 232 Å². The van der Waals surface area contributed by atoms with Crippen LogP contribution in [0.5, 0.6) is 11.5 Å². The summed E-state index contributed by atoms with van der Waals surface area (Å²) < 4.78 is 50.3. The molecule has 4 aromatic carbocycles. The van der Waals surface area contributed by atoms with Gasteiger partial charge in [0.05, 0.1) is 28.5 Å². The van der Waals surface area contributed by atoms with Crippen molar-refractivity contribution in [2.45, 2.75) is 6.18 Å². The van der Waals surface area contributed by atoms with Crippen LogP contribution in [-0.4, -0.2) is 19.3 Å². The Morgan fingerprint density at radius 1 is 0.659 bits per heavy atom. The van der Waals surface area contributed by atoms with Gasteiger partial charge in [0.1, 0.15) is 17.3 Å². The van der Waals surface area contributed by atoms with Crippen LogP contribution in [0, 0.1) is 0 Å². The average Bonchev–Trinajstić information content (AvgIpc) is 3.61. The highest BCUT2D eigenvalue weighted by molar-refractivity contribution is 6.09. The highest BCUT2D eigenvalue weighted by atomic mass is 19.4. The lowest BCUT2D eigenvalue weighted by Crippen LogP contribution is -2.07. The zero-order chi connectivity index (χ0) is 28.0. The molecule has 41 heavy (non-hydrogen) atoms. The van der Waals surface area contributed by atoms with Crippen molar-refractivity contribution in [2.24, 2.45) is 0 Å². The summed E-state index contributed by atoms with van der Waals surface area (Å²) in [6.07, 6.45) is 0.480. The Hall–Kier alpha value is -5.37. The van der Waals surface area contributed by atoms with Crippen molar-refractivity contribution in [1.29, 1.82) is 0 Å². The molecule has 0 amide bonds. The van der Waals surface area contributed by atoms with Gasteiger partial charge in [-0.25, -0.2) is 9.67 Å². The number of nitrogens with zero attached hydrogens (tertiary/aromatic N) is 4. The maximum atomic E-state index is 13.5. The number of benzene rings is 4. The van der Waals surface area contributed by atoms with E-state index in [1.165, 1.54) is 6.20 Å². The Kier molecular flexibility index (Phi) is 5.82. The van der Waals surface area contributed by atoms with Crippen molar-refractivity contribution in [3.05, 3.63) is 133 Å². The van der Waals surface area contributed by atoms with Crippen LogP contribution < -0.4 is 4.74 Å². The molecule has 0 fully saturated rings. The number of pyridine rings is 1. The molecule has 0 aliphatic rings. The number of para-hydroxylation sites is 1. The standard InChI is InChI=1S/C33H21F3N4O/c34-33(35,36)24-15-16-37-32(17-24)40-30-12-5-4-11-28(30)29-14-13-27(19-31(29)40)41-26-10-6-9-25(18-26)39-21-23(20-38-39)22-7-2-1-3-8-22/h1-21H. The molecule has 0 spiro atoms. The van der Waals surface area contributed by atoms with Crippen molar-refractivity contribution in [3.63, 3.8) is 0 Å². The van der Waals surface area contributed by atoms with Crippen molar-refractivity contribution in [1.82, 2.24) is 19.3 Å². The van der Waals surface area contributed by atoms with Crippen LogP contribution in [0.4, 0.5) is 13.2 Å². The van der Waals surface area contributed by atoms with E-state index in [9.17, 15) is 13.2 Å². The number of halogens is 3. The molecule has 7 aromatic rings. The summed E-state index contributed by atoms with van der Waals surface area (Å²) in [5.41, 5.74) is 3.58. The Morgan fingerprint density at radius 3 is 2.29 bits per heavy atom. The lowest BCUT2D eigenvalue weighted by Gasteiger charge is -2.12. The quantitative estimate of drug-likeness (QED) is 0.217. The van der Waals surface area contributed by atoms with E-state index in [4.69, 9.17) is 4.74 Å². The monoisotopic (exact) mass is 546 g/mol. The summed E-state index contributed by atoms with van der Waals surface area (Å²) in [5.74, 6) is 1.31. The van der Waals surface area contributed by atoms with Gasteiger partial charge in [-0.2, -0.15) is 18.3 Å². The van der Waals surface area contributed by atoms with Crippen LogP contribution in [0.25, 0.3) is 44.4 Å². The molecule has 0 unspecified atom stereocenters. The lowest BCUT2D eigenvalue weighted by molar-refractivity contribution is -0.137. The second-order valence-electron chi connectivity index (χ2n) is 9.57. The van der Waals surface area contributed by atoms with E-state index >= 15 is 0 Å². The first-order valence-corrected chi connectivity index (χ1v) is 12.9. The molecular weight excluding hydrogens is 525 g/mol. The third-order valence-corrected chi connectivity index (χ3v) is 6.95. The summed E-state index contributed by atoms with van der Waals surface area (Å²) >= 11 is 0. The van der Waals surface area contributed by atoms with Crippen molar-refractivity contribution >= 4 is 21.8 Å². The Balaban J connectivity index is 1.27. The van der Waals surface area contributed by atoms with Crippen molar-refractivity contribution in [3.8, 4) is 34.1 Å². The molecular formula is C33H21F3N4O. The first-order valence-electron chi connectivity index (χ1n) is 12.9. The largest absolute Gasteiger partial charge is 0.457 e. The number of rotatable bonds is 5. The van der Waals surface area contributed by atoms with E-state index in [1.54, 1.807) is 9.25 Å². The lowest BCUT2D eigenvalue weighted by atomic mass is 10.1. The number of ether oxygens (including phenoxy) is 1. The van der Waals surface area contributed by atoms with Gasteiger partial charge in [-0.1, -0.05) is 54.6 Å². The van der Waals surface area contributed by atoms with Gasteiger partial charge < -0.3 is 4.74 Å². The predicted molar refractivity (Wildman–Crippen MR) is 153 cm³/mol. The first kappa shape index (κ1) is 24.7. The highest BCUT2D eigenvalue weighted by Crippen LogP contribution is 2.36. The summed E-state index contributed by atoms with van der Waals surface area (Å²) in [7, 11) is 0. The minimum atomic E-state index is -4.48. The molecule has 8 heteroatoms. The molecule has 3 aromatic heterocycles. The van der Waals surface area contributed by atoms with Crippen LogP contribution in [0.2, 0.25) is 0 Å². The van der Waals surface area contributed by atoms with E-state index in [0.29, 0.717) is 17.0 Å². The summed E-state index contributed by atoms with van der Waals surface area (Å²) in [6, 6.07) is 32.8. The van der Waals surface area contributed by atoms with Crippen LogP contribution in [0.15, 0.2) is 128 Å². The molecule has 200 valence electrons. The maximum absolute atomic E-state index is 13.5. The molecule has 0 saturated carbocycles. The molecule has 5 nitrogen and oxygen atoms in total. The second kappa shape index (κ2) is 9.67. The number of hydrogen-bond acceptors (Lipinski definition) is 3. The van der Waals surface area contributed by atoms with Gasteiger partial charge in [0.15, 0.2) is 0 Å². The number of fused-ring (bicyclic) bond motifs is 3. The summed E-state index contributed by atoms with van der Waals surface area (Å²) in [4.78, 5) is 4.29. The zero-order valence-electron chi connectivity index (χ0n) is 21.5. The molecule has 0 N–H and O–H groups in total. The van der Waals surface area contributed by atoms with Gasteiger partial charge in [-0.15, -0.1) is 0 Å². The molecule has 0 bridgehead atoms. The van der Waals surface area contributed by atoms with E-state index in [-0.39, 0.29) is 5.82 Å². The molecule has 3 heterocycles. The van der Waals surface area contributed by atoms with E-state index in [2.05, 4.69) is 10.1 Å². The number of alkyl halides is 3. The number of hydrogen-bond donors (Lipinski definition) is 0. The predicted octanol–water partition coefficient (Wildman–Crippen LogP) is 8.84. The van der Waals surface area contributed by atoms with Crippen LogP contribution in [-0.2, 0) is 6.18 Å². The van der Waals surface area contributed by atoms with Gasteiger partial charge in [0.2, 0.25) is 0 Å². The van der Waals surface area contributed by atoms with Crippen molar-refractivity contribution < 1.29 is 17.9 Å². The fourth-order valence-corrected chi connectivity index (χ4v) is 5.05. The SMILES string of the molecule is FC(F)(F)c1ccnc(-n2c3ccccc3c3ccc(Oc4cccc(-n5cc(-c6ccccc6)cn5)c4)cc32)c1. The Bertz CT molecular complexity index is 2030. The van der Waals surface area contributed by atoms with E-state index in [1.807, 2.05) is 109 Å². The van der Waals surface area contributed by atoms with E-state index in [0.717, 1.165) is 45.2 Å². The van der Waals surface area contributed by atoms with Crippen LogP contribution >= 0.6 is 0 Å². The Morgan fingerprint density at radius 2 is 1.44 bits per heavy atom. The van der Waals surface area contributed by atoms with Gasteiger partial charge in [0.25, 0.3) is 0 Å². The van der Waals surface area contributed by atoms with Gasteiger partial charge in [0, 0.05) is 40.9 Å². The van der Waals surface area contributed by atoms with Crippen molar-refractivity contribution in [2.75, 3.05) is 0 Å². The summed E-state index contributed by atoms with van der Waals surface area (Å²) in [6.45, 7) is 0. The van der Waals surface area contributed by atoms with Crippen LogP contribution in [0.1, 0.15) is 5.56 Å². The minimum absolute atomic E-state index is 0.179. The molecule has 7 rings (SSSR count). The molecule has 0 saturated heterocycles. The average molecular weight is 547 g/mol. The summed E-state index contributed by atoms with van der Waals surface area (Å²) in [5, 5.41) is 6.30. The molecule has 0 radical (unpaired) electrons. The topological polar surface area (TPSA) is 44.9 Å². The fraction of sp³-hybridized carbons (Fsp3) is 0.0303. The number of aromatic nitrogens is 4. The fourth-order valence-electron chi connectivity index (χ4n) is 5.05. The third-order valence-electron chi connectivity index (χ3n) is 6.95. The van der Waals surface area contributed by atoms with Gasteiger partial charge in [-0.3, -0.25) is 4.57 Å².